The van der Waals surface area contributed by atoms with Crippen LogP contribution in [0.2, 0.25) is 0 Å². The Morgan fingerprint density at radius 1 is 1.47 bits per heavy atom. The van der Waals surface area contributed by atoms with Gasteiger partial charge in [0.15, 0.2) is 0 Å². The average Bonchev–Trinajstić information content (AvgIpc) is 2.18. The maximum absolute atomic E-state index is 11.8. The van der Waals surface area contributed by atoms with Gasteiger partial charge in [-0.3, -0.25) is 0 Å². The van der Waals surface area contributed by atoms with Crippen molar-refractivity contribution >= 4 is 26.0 Å². The largest absolute Gasteiger partial charge is 0.329 e. The quantitative estimate of drug-likeness (QED) is 0.869. The van der Waals surface area contributed by atoms with Crippen LogP contribution in [-0.2, 0) is 10.0 Å². The Bertz CT molecular complexity index is 445. The average molecular weight is 293 g/mol. The van der Waals surface area contributed by atoms with Crippen LogP contribution in [0.1, 0.15) is 5.56 Å². The highest BCUT2D eigenvalue weighted by Crippen LogP contribution is 2.22. The summed E-state index contributed by atoms with van der Waals surface area (Å²) < 4.78 is 26.5. The summed E-state index contributed by atoms with van der Waals surface area (Å²) in [6.07, 6.45) is 0. The topological polar surface area (TPSA) is 72.2 Å². The van der Waals surface area contributed by atoms with Crippen molar-refractivity contribution in [3.8, 4) is 0 Å². The summed E-state index contributed by atoms with van der Waals surface area (Å²) in [7, 11) is -3.45. The predicted molar refractivity (Wildman–Crippen MR) is 63.1 cm³/mol. The molecule has 0 saturated carbocycles. The first-order chi connectivity index (χ1) is 6.97. The molecule has 0 atom stereocenters. The van der Waals surface area contributed by atoms with E-state index in [9.17, 15) is 8.42 Å². The minimum Gasteiger partial charge on any atom is -0.329 e. The molecular weight excluding hydrogens is 280 g/mol. The Hall–Kier alpha value is -0.430. The molecule has 84 valence electrons. The fourth-order valence-electron chi connectivity index (χ4n) is 1.09. The van der Waals surface area contributed by atoms with E-state index in [1.165, 1.54) is 0 Å². The third-order valence-corrected chi connectivity index (χ3v) is 4.27. The van der Waals surface area contributed by atoms with Crippen molar-refractivity contribution in [2.75, 3.05) is 13.1 Å². The van der Waals surface area contributed by atoms with E-state index in [1.54, 1.807) is 12.1 Å². The zero-order valence-corrected chi connectivity index (χ0v) is 10.7. The molecule has 1 aromatic rings. The number of halogens is 1. The minimum atomic E-state index is -3.45. The highest BCUT2D eigenvalue weighted by atomic mass is 79.9. The van der Waals surface area contributed by atoms with E-state index in [1.807, 2.05) is 13.0 Å². The molecule has 0 radical (unpaired) electrons. The first kappa shape index (κ1) is 12.6. The molecule has 0 aliphatic rings. The van der Waals surface area contributed by atoms with Crippen molar-refractivity contribution in [2.45, 2.75) is 11.8 Å². The summed E-state index contributed by atoms with van der Waals surface area (Å²) in [6.45, 7) is 2.36. The second kappa shape index (κ2) is 5.07. The maximum Gasteiger partial charge on any atom is 0.241 e. The van der Waals surface area contributed by atoms with E-state index < -0.39 is 10.0 Å². The molecule has 0 bridgehead atoms. The number of sulfonamides is 1. The van der Waals surface area contributed by atoms with Crippen LogP contribution < -0.4 is 10.5 Å². The smallest absolute Gasteiger partial charge is 0.241 e. The van der Waals surface area contributed by atoms with Crippen LogP contribution in [0.3, 0.4) is 0 Å². The number of rotatable bonds is 4. The molecule has 1 rings (SSSR count). The number of aryl methyl sites for hydroxylation is 1. The lowest BCUT2D eigenvalue weighted by Crippen LogP contribution is -2.29. The van der Waals surface area contributed by atoms with Gasteiger partial charge >= 0.3 is 0 Å². The van der Waals surface area contributed by atoms with Crippen molar-refractivity contribution in [1.82, 2.24) is 4.72 Å². The van der Waals surface area contributed by atoms with E-state index in [0.717, 1.165) is 5.56 Å². The van der Waals surface area contributed by atoms with Crippen LogP contribution in [0.25, 0.3) is 0 Å². The highest BCUT2D eigenvalue weighted by Gasteiger charge is 2.16. The molecule has 0 aromatic heterocycles. The molecule has 0 amide bonds. The van der Waals surface area contributed by atoms with Gasteiger partial charge in [-0.2, -0.15) is 0 Å². The van der Waals surface area contributed by atoms with Crippen molar-refractivity contribution in [2.24, 2.45) is 5.73 Å². The molecule has 1 aromatic carbocycles. The molecular formula is C9H13BrN2O2S. The molecule has 0 saturated heterocycles. The number of nitrogens with one attached hydrogen (secondary N) is 1. The molecule has 0 aliphatic heterocycles. The molecule has 0 heterocycles. The lowest BCUT2D eigenvalue weighted by atomic mass is 10.2. The molecule has 4 nitrogen and oxygen atoms in total. The summed E-state index contributed by atoms with van der Waals surface area (Å²) in [5, 5.41) is 0. The summed E-state index contributed by atoms with van der Waals surface area (Å²) in [5.41, 5.74) is 6.14. The maximum atomic E-state index is 11.8. The zero-order valence-electron chi connectivity index (χ0n) is 8.33. The van der Waals surface area contributed by atoms with Gasteiger partial charge in [-0.05, 0) is 40.5 Å². The molecule has 15 heavy (non-hydrogen) atoms. The van der Waals surface area contributed by atoms with Gasteiger partial charge in [0, 0.05) is 17.6 Å². The minimum absolute atomic E-state index is 0.239. The number of nitrogens with two attached hydrogens (primary N) is 1. The third kappa shape index (κ3) is 3.27. The summed E-state index contributed by atoms with van der Waals surface area (Å²) in [5.74, 6) is 0. The van der Waals surface area contributed by atoms with Gasteiger partial charge in [-0.15, -0.1) is 0 Å². The monoisotopic (exact) mass is 292 g/mol. The van der Waals surface area contributed by atoms with Crippen LogP contribution in [0.15, 0.2) is 27.6 Å². The predicted octanol–water partition coefficient (Wildman–Crippen LogP) is 0.995. The SMILES string of the molecule is Cc1ccc(Br)c(S(=O)(=O)NCCN)c1. The van der Waals surface area contributed by atoms with E-state index in [4.69, 9.17) is 5.73 Å². The van der Waals surface area contributed by atoms with Gasteiger partial charge in [0.2, 0.25) is 10.0 Å². The first-order valence-corrected chi connectivity index (χ1v) is 6.71. The molecule has 0 spiro atoms. The molecule has 0 unspecified atom stereocenters. The second-order valence-corrected chi connectivity index (χ2v) is 5.71. The highest BCUT2D eigenvalue weighted by molar-refractivity contribution is 9.10. The van der Waals surface area contributed by atoms with Crippen LogP contribution in [0.4, 0.5) is 0 Å². The van der Waals surface area contributed by atoms with Crippen molar-refractivity contribution in [1.29, 1.82) is 0 Å². The normalized spacial score (nSPS) is 11.7. The Morgan fingerprint density at radius 2 is 2.13 bits per heavy atom. The lowest BCUT2D eigenvalue weighted by Gasteiger charge is -2.08. The number of benzene rings is 1. The number of hydrogen-bond donors (Lipinski definition) is 2. The van der Waals surface area contributed by atoms with Gasteiger partial charge in [-0.25, -0.2) is 13.1 Å². The lowest BCUT2D eigenvalue weighted by molar-refractivity contribution is 0.581. The van der Waals surface area contributed by atoms with E-state index in [2.05, 4.69) is 20.7 Å². The fraction of sp³-hybridized carbons (Fsp3) is 0.333. The Balaban J connectivity index is 3.09. The van der Waals surface area contributed by atoms with E-state index in [-0.39, 0.29) is 18.0 Å². The van der Waals surface area contributed by atoms with Gasteiger partial charge < -0.3 is 5.73 Å². The van der Waals surface area contributed by atoms with Crippen LogP contribution in [0.5, 0.6) is 0 Å². The molecule has 6 heteroatoms. The molecule has 0 aliphatic carbocycles. The summed E-state index contributed by atoms with van der Waals surface area (Å²) in [4.78, 5) is 0.246. The summed E-state index contributed by atoms with van der Waals surface area (Å²) in [6, 6.07) is 5.17. The van der Waals surface area contributed by atoms with Crippen LogP contribution in [-0.4, -0.2) is 21.5 Å². The standard InChI is InChI=1S/C9H13BrN2O2S/c1-7-2-3-8(10)9(6-7)15(13,14)12-5-4-11/h2-3,6,12H,4-5,11H2,1H3. The van der Waals surface area contributed by atoms with E-state index >= 15 is 0 Å². The third-order valence-electron chi connectivity index (χ3n) is 1.81. The van der Waals surface area contributed by atoms with Gasteiger partial charge in [0.25, 0.3) is 0 Å². The van der Waals surface area contributed by atoms with Crippen molar-refractivity contribution in [3.05, 3.63) is 28.2 Å². The Kier molecular flexibility index (Phi) is 4.27. The van der Waals surface area contributed by atoms with E-state index in [0.29, 0.717) is 4.47 Å². The van der Waals surface area contributed by atoms with Crippen LogP contribution in [0, 0.1) is 6.92 Å². The Labute approximate surface area is 98.0 Å². The fourth-order valence-corrected chi connectivity index (χ4v) is 3.18. The number of hydrogen-bond acceptors (Lipinski definition) is 3. The molecule has 0 fully saturated rings. The van der Waals surface area contributed by atoms with Crippen molar-refractivity contribution < 1.29 is 8.42 Å². The Morgan fingerprint density at radius 3 is 2.73 bits per heavy atom. The molecule has 3 N–H and O–H groups in total. The first-order valence-electron chi connectivity index (χ1n) is 4.43. The van der Waals surface area contributed by atoms with Gasteiger partial charge in [0.1, 0.15) is 0 Å². The second-order valence-electron chi connectivity index (χ2n) is 3.12. The van der Waals surface area contributed by atoms with Crippen molar-refractivity contribution in [3.63, 3.8) is 0 Å². The zero-order chi connectivity index (χ0) is 11.5. The summed E-state index contributed by atoms with van der Waals surface area (Å²) >= 11 is 3.21. The van der Waals surface area contributed by atoms with Gasteiger partial charge in [-0.1, -0.05) is 6.07 Å². The van der Waals surface area contributed by atoms with Crippen LogP contribution >= 0.6 is 15.9 Å². The van der Waals surface area contributed by atoms with Gasteiger partial charge in [0.05, 0.1) is 4.90 Å².